The van der Waals surface area contributed by atoms with Gasteiger partial charge in [-0.2, -0.15) is 0 Å². The van der Waals surface area contributed by atoms with E-state index in [-0.39, 0.29) is 11.4 Å². The number of aromatic amines is 1. The molecule has 34 heavy (non-hydrogen) atoms. The fourth-order valence-electron chi connectivity index (χ4n) is 4.20. The van der Waals surface area contributed by atoms with Crippen LogP contribution in [0.25, 0.3) is 10.9 Å². The number of thiocarbonyl (C=S) groups is 1. The molecule has 0 aliphatic carbocycles. The number of rotatable bonds is 8. The van der Waals surface area contributed by atoms with E-state index in [2.05, 4.69) is 15.2 Å². The Hall–Kier alpha value is -2.81. The first-order valence-electron chi connectivity index (χ1n) is 11.7. The van der Waals surface area contributed by atoms with Crippen molar-refractivity contribution in [3.63, 3.8) is 0 Å². The number of para-hydroxylation sites is 1. The molecule has 0 bridgehead atoms. The molecule has 0 atom stereocenters. The van der Waals surface area contributed by atoms with Gasteiger partial charge in [-0.1, -0.05) is 30.3 Å². The van der Waals surface area contributed by atoms with Gasteiger partial charge >= 0.3 is 0 Å². The number of aryl methyl sites for hydroxylation is 1. The lowest BCUT2D eigenvalue weighted by Crippen LogP contribution is -2.42. The number of pyridine rings is 1. The summed E-state index contributed by atoms with van der Waals surface area (Å²) in [7, 11) is 0. The number of H-pyrrole nitrogens is 1. The topological polar surface area (TPSA) is 60.6 Å². The first-order valence-corrected chi connectivity index (χ1v) is 12.1. The zero-order chi connectivity index (χ0) is 23.9. The first-order chi connectivity index (χ1) is 16.5. The van der Waals surface area contributed by atoms with E-state index in [0.717, 1.165) is 67.8 Å². The molecule has 0 spiro atoms. The number of fused-ring (bicyclic) bond motifs is 1. The van der Waals surface area contributed by atoms with E-state index >= 15 is 0 Å². The van der Waals surface area contributed by atoms with Crippen LogP contribution in [0.4, 0.5) is 4.39 Å². The lowest BCUT2D eigenvalue weighted by molar-refractivity contribution is 0.0376. The van der Waals surface area contributed by atoms with E-state index in [9.17, 15) is 9.18 Å². The van der Waals surface area contributed by atoms with Crippen LogP contribution in [0.15, 0.2) is 53.3 Å². The largest absolute Gasteiger partial charge is 0.379 e. The zero-order valence-corrected chi connectivity index (χ0v) is 20.3. The van der Waals surface area contributed by atoms with Crippen LogP contribution in [0.3, 0.4) is 0 Å². The molecule has 8 heteroatoms. The molecule has 6 nitrogen and oxygen atoms in total. The van der Waals surface area contributed by atoms with Gasteiger partial charge in [0.2, 0.25) is 0 Å². The van der Waals surface area contributed by atoms with Gasteiger partial charge in [0.25, 0.3) is 5.56 Å². The molecule has 180 valence electrons. The average Bonchev–Trinajstić information content (AvgIpc) is 2.84. The van der Waals surface area contributed by atoms with Gasteiger partial charge in [0.1, 0.15) is 5.82 Å². The van der Waals surface area contributed by atoms with E-state index in [1.165, 1.54) is 12.1 Å². The quantitative estimate of drug-likeness (QED) is 0.378. The maximum Gasteiger partial charge on any atom is 0.253 e. The van der Waals surface area contributed by atoms with Gasteiger partial charge in [0.15, 0.2) is 5.11 Å². The third kappa shape index (κ3) is 6.40. The Bertz CT molecular complexity index is 1180. The predicted octanol–water partition coefficient (Wildman–Crippen LogP) is 3.57. The normalized spacial score (nSPS) is 14.3. The average molecular weight is 483 g/mol. The van der Waals surface area contributed by atoms with Crippen LogP contribution in [0.5, 0.6) is 0 Å². The molecule has 1 aliphatic rings. The van der Waals surface area contributed by atoms with Gasteiger partial charge in [0, 0.05) is 31.7 Å². The van der Waals surface area contributed by atoms with Crippen LogP contribution in [0, 0.1) is 12.7 Å². The van der Waals surface area contributed by atoms with Gasteiger partial charge in [-0.3, -0.25) is 9.69 Å². The maximum atomic E-state index is 13.4. The summed E-state index contributed by atoms with van der Waals surface area (Å²) in [6.45, 7) is 8.04. The fraction of sp³-hybridized carbons (Fsp3) is 0.385. The van der Waals surface area contributed by atoms with Crippen molar-refractivity contribution >= 4 is 28.2 Å². The van der Waals surface area contributed by atoms with Crippen LogP contribution in [-0.4, -0.2) is 59.3 Å². The zero-order valence-electron chi connectivity index (χ0n) is 19.5. The van der Waals surface area contributed by atoms with Crippen molar-refractivity contribution in [1.29, 1.82) is 0 Å². The van der Waals surface area contributed by atoms with Crippen molar-refractivity contribution < 1.29 is 9.13 Å². The number of halogens is 1. The van der Waals surface area contributed by atoms with Crippen LogP contribution in [0.1, 0.15) is 23.1 Å². The minimum absolute atomic E-state index is 0.124. The molecule has 1 aromatic heterocycles. The molecular formula is C26H31FN4O2S. The second-order valence-electron chi connectivity index (χ2n) is 8.68. The lowest BCUT2D eigenvalue weighted by Gasteiger charge is -2.28. The third-order valence-corrected chi connectivity index (χ3v) is 6.53. The number of ether oxygens (including phenoxy) is 1. The summed E-state index contributed by atoms with van der Waals surface area (Å²) in [4.78, 5) is 20.2. The molecule has 2 heterocycles. The highest BCUT2D eigenvalue weighted by Gasteiger charge is 2.15. The van der Waals surface area contributed by atoms with E-state index in [1.807, 2.05) is 36.1 Å². The minimum atomic E-state index is -0.277. The van der Waals surface area contributed by atoms with Crippen LogP contribution in [0.2, 0.25) is 0 Å². The van der Waals surface area contributed by atoms with Crippen molar-refractivity contribution in [3.8, 4) is 0 Å². The number of morpholine rings is 1. The summed E-state index contributed by atoms with van der Waals surface area (Å²) in [5, 5.41) is 4.92. The van der Waals surface area contributed by atoms with Gasteiger partial charge < -0.3 is 19.9 Å². The standard InChI is InChI=1S/C26H31FN4O2S/c1-19-4-2-5-21-16-22(25(32)29-24(19)21)18-31(17-20-6-8-23(27)9-7-20)26(34)28-10-3-11-30-12-14-33-15-13-30/h2,4-9,16H,3,10-15,17-18H2,1H3,(H,28,34)(H,29,32). The number of hydrogen-bond donors (Lipinski definition) is 2. The summed E-state index contributed by atoms with van der Waals surface area (Å²) in [5.41, 5.74) is 3.32. The molecule has 3 aromatic rings. The van der Waals surface area contributed by atoms with Gasteiger partial charge in [0.05, 0.1) is 25.3 Å². The third-order valence-electron chi connectivity index (χ3n) is 6.13. The van der Waals surface area contributed by atoms with Crippen LogP contribution in [-0.2, 0) is 17.8 Å². The van der Waals surface area contributed by atoms with Crippen molar-refractivity contribution in [2.45, 2.75) is 26.4 Å². The molecule has 4 rings (SSSR count). The molecule has 1 fully saturated rings. The van der Waals surface area contributed by atoms with E-state index in [1.54, 1.807) is 12.1 Å². The molecule has 1 aliphatic heterocycles. The first kappa shape index (κ1) is 24.3. The predicted molar refractivity (Wildman–Crippen MR) is 137 cm³/mol. The molecule has 1 saturated heterocycles. The summed E-state index contributed by atoms with van der Waals surface area (Å²) in [5.74, 6) is -0.277. The Kier molecular flexibility index (Phi) is 8.26. The second-order valence-corrected chi connectivity index (χ2v) is 9.07. The van der Waals surface area contributed by atoms with E-state index < -0.39 is 0 Å². The van der Waals surface area contributed by atoms with Crippen molar-refractivity contribution in [3.05, 3.63) is 81.4 Å². The van der Waals surface area contributed by atoms with Crippen molar-refractivity contribution in [1.82, 2.24) is 20.1 Å². The Morgan fingerprint density at radius 2 is 1.94 bits per heavy atom. The van der Waals surface area contributed by atoms with E-state index in [4.69, 9.17) is 17.0 Å². The van der Waals surface area contributed by atoms with Crippen molar-refractivity contribution in [2.24, 2.45) is 0 Å². The number of hydrogen-bond acceptors (Lipinski definition) is 4. The molecule has 0 radical (unpaired) electrons. The number of nitrogens with one attached hydrogen (secondary N) is 2. The second kappa shape index (κ2) is 11.6. The highest BCUT2D eigenvalue weighted by atomic mass is 32.1. The van der Waals surface area contributed by atoms with Crippen LogP contribution >= 0.6 is 12.2 Å². The monoisotopic (exact) mass is 482 g/mol. The molecule has 2 aromatic carbocycles. The fourth-order valence-corrected chi connectivity index (χ4v) is 4.43. The van der Waals surface area contributed by atoms with Crippen molar-refractivity contribution in [2.75, 3.05) is 39.4 Å². The molecule has 2 N–H and O–H groups in total. The Balaban J connectivity index is 1.46. The summed E-state index contributed by atoms with van der Waals surface area (Å²) < 4.78 is 18.8. The highest BCUT2D eigenvalue weighted by Crippen LogP contribution is 2.17. The van der Waals surface area contributed by atoms with Gasteiger partial charge in [-0.15, -0.1) is 0 Å². The smallest absolute Gasteiger partial charge is 0.253 e. The Morgan fingerprint density at radius 1 is 1.18 bits per heavy atom. The summed E-state index contributed by atoms with van der Waals surface area (Å²) in [6.07, 6.45) is 0.959. The van der Waals surface area contributed by atoms with Gasteiger partial charge in [-0.25, -0.2) is 4.39 Å². The van der Waals surface area contributed by atoms with Gasteiger partial charge in [-0.05, 0) is 66.8 Å². The summed E-state index contributed by atoms with van der Waals surface area (Å²) >= 11 is 5.72. The Labute approximate surface area is 204 Å². The number of nitrogens with zero attached hydrogens (tertiary/aromatic N) is 2. The summed E-state index contributed by atoms with van der Waals surface area (Å²) in [6, 6.07) is 14.3. The number of benzene rings is 2. The highest BCUT2D eigenvalue weighted by molar-refractivity contribution is 7.80. The molecule has 0 unspecified atom stereocenters. The molecule has 0 saturated carbocycles. The lowest BCUT2D eigenvalue weighted by atomic mass is 10.1. The molecular weight excluding hydrogens is 451 g/mol. The maximum absolute atomic E-state index is 13.4. The van der Waals surface area contributed by atoms with Crippen LogP contribution < -0.4 is 10.9 Å². The Morgan fingerprint density at radius 3 is 2.71 bits per heavy atom. The molecule has 0 amide bonds. The number of aromatic nitrogens is 1. The minimum Gasteiger partial charge on any atom is -0.379 e. The SMILES string of the molecule is Cc1cccc2cc(CN(Cc3ccc(F)cc3)C(=S)NCCCN3CCOCC3)c(=O)[nH]c12. The van der Waals surface area contributed by atoms with E-state index in [0.29, 0.717) is 23.8 Å².